The van der Waals surface area contributed by atoms with Gasteiger partial charge in [0.2, 0.25) is 0 Å². The van der Waals surface area contributed by atoms with E-state index in [-0.39, 0.29) is 5.41 Å². The van der Waals surface area contributed by atoms with Crippen LogP contribution in [0.4, 0.5) is 0 Å². The van der Waals surface area contributed by atoms with Crippen LogP contribution in [0.25, 0.3) is 67.5 Å². The van der Waals surface area contributed by atoms with Crippen LogP contribution in [-0.4, -0.2) is 19.9 Å². The molecule has 1 aliphatic rings. The van der Waals surface area contributed by atoms with Gasteiger partial charge in [0.1, 0.15) is 0 Å². The van der Waals surface area contributed by atoms with Crippen molar-refractivity contribution in [2.75, 3.05) is 0 Å². The summed E-state index contributed by atoms with van der Waals surface area (Å²) < 4.78 is 0. The first-order valence-electron chi connectivity index (χ1n) is 14.6. The molecule has 4 nitrogen and oxygen atoms in total. The number of fused-ring (bicyclic) bond motifs is 4. The van der Waals surface area contributed by atoms with Crippen molar-refractivity contribution in [3.05, 3.63) is 145 Å². The average Bonchev–Trinajstić information content (AvgIpc) is 3.30. The van der Waals surface area contributed by atoms with E-state index in [0.717, 1.165) is 38.9 Å². The van der Waals surface area contributed by atoms with E-state index < -0.39 is 0 Å². The van der Waals surface area contributed by atoms with Gasteiger partial charge in [-0.25, -0.2) is 19.9 Å². The van der Waals surface area contributed by atoms with Gasteiger partial charge < -0.3 is 0 Å². The van der Waals surface area contributed by atoms with Crippen LogP contribution >= 0.6 is 0 Å². The van der Waals surface area contributed by atoms with E-state index in [1.54, 1.807) is 0 Å². The second-order valence-electron chi connectivity index (χ2n) is 11.5. The molecule has 0 bridgehead atoms. The third-order valence-corrected chi connectivity index (χ3v) is 8.48. The number of nitrogens with zero attached hydrogens (tertiary/aromatic N) is 4. The Hall–Kier alpha value is -5.48. The summed E-state index contributed by atoms with van der Waals surface area (Å²) >= 11 is 0. The van der Waals surface area contributed by atoms with Crippen molar-refractivity contribution >= 4 is 10.9 Å². The topological polar surface area (TPSA) is 51.6 Å². The standard InChI is InChI=1S/C39H28N4/c1-39(2)31-22-11-9-20-29(31)35-34(39)33(30-21-10-12-23-32(30)40-35)27-18-13-19-28(24-27)38-42-36(25-14-5-3-6-15-25)41-37(43-38)26-16-7-4-8-17-26/h3-24H,1-2H3. The summed E-state index contributed by atoms with van der Waals surface area (Å²) in [6.07, 6.45) is 0. The Morgan fingerprint density at radius 3 is 1.70 bits per heavy atom. The molecule has 0 amide bonds. The summed E-state index contributed by atoms with van der Waals surface area (Å²) in [4.78, 5) is 20.1. The lowest BCUT2D eigenvalue weighted by Crippen LogP contribution is -2.16. The SMILES string of the molecule is CC1(C)c2ccccc2-c2nc3ccccc3c(-c3cccc(-c4nc(-c5ccccc5)nc(-c5ccccc5)n4)c3)c21. The molecule has 0 saturated heterocycles. The van der Waals surface area contributed by atoms with Crippen molar-refractivity contribution in [2.45, 2.75) is 19.3 Å². The zero-order valence-corrected chi connectivity index (χ0v) is 24.0. The van der Waals surface area contributed by atoms with Crippen molar-refractivity contribution in [3.63, 3.8) is 0 Å². The monoisotopic (exact) mass is 552 g/mol. The van der Waals surface area contributed by atoms with E-state index in [4.69, 9.17) is 19.9 Å². The van der Waals surface area contributed by atoms with Crippen molar-refractivity contribution in [1.82, 2.24) is 19.9 Å². The van der Waals surface area contributed by atoms with Crippen LogP contribution in [0.5, 0.6) is 0 Å². The summed E-state index contributed by atoms with van der Waals surface area (Å²) in [6.45, 7) is 4.62. The third-order valence-electron chi connectivity index (χ3n) is 8.48. The fourth-order valence-electron chi connectivity index (χ4n) is 6.44. The number of pyridine rings is 1. The number of para-hydroxylation sites is 1. The minimum Gasteiger partial charge on any atom is -0.247 e. The molecule has 8 rings (SSSR count). The van der Waals surface area contributed by atoms with E-state index in [1.165, 1.54) is 22.3 Å². The minimum absolute atomic E-state index is 0.206. The molecule has 4 heteroatoms. The van der Waals surface area contributed by atoms with Crippen LogP contribution in [0, 0.1) is 0 Å². The number of rotatable bonds is 4. The van der Waals surface area contributed by atoms with Crippen LogP contribution in [-0.2, 0) is 5.41 Å². The zero-order valence-electron chi connectivity index (χ0n) is 24.0. The summed E-state index contributed by atoms with van der Waals surface area (Å²) in [7, 11) is 0. The molecule has 0 atom stereocenters. The molecule has 0 N–H and O–H groups in total. The van der Waals surface area contributed by atoms with Gasteiger partial charge in [-0.05, 0) is 34.4 Å². The summed E-state index contributed by atoms with van der Waals surface area (Å²) in [5.74, 6) is 1.95. The number of aromatic nitrogens is 4. The van der Waals surface area contributed by atoms with Crippen LogP contribution < -0.4 is 0 Å². The Morgan fingerprint density at radius 1 is 0.465 bits per heavy atom. The largest absolute Gasteiger partial charge is 0.247 e. The molecular formula is C39H28N4. The molecule has 1 aliphatic carbocycles. The molecular weight excluding hydrogens is 524 g/mol. The van der Waals surface area contributed by atoms with Gasteiger partial charge in [0, 0.05) is 33.1 Å². The molecule has 7 aromatic rings. The minimum atomic E-state index is -0.206. The average molecular weight is 553 g/mol. The second-order valence-corrected chi connectivity index (χ2v) is 11.5. The second kappa shape index (κ2) is 9.81. The van der Waals surface area contributed by atoms with Gasteiger partial charge in [-0.2, -0.15) is 0 Å². The molecule has 204 valence electrons. The lowest BCUT2D eigenvalue weighted by molar-refractivity contribution is 0.662. The molecule has 0 unspecified atom stereocenters. The number of hydrogen-bond acceptors (Lipinski definition) is 4. The van der Waals surface area contributed by atoms with E-state index >= 15 is 0 Å². The zero-order chi connectivity index (χ0) is 29.0. The van der Waals surface area contributed by atoms with Gasteiger partial charge >= 0.3 is 0 Å². The maximum atomic E-state index is 5.22. The maximum Gasteiger partial charge on any atom is 0.164 e. The lowest BCUT2D eigenvalue weighted by Gasteiger charge is -2.25. The Kier molecular flexibility index (Phi) is 5.76. The highest BCUT2D eigenvalue weighted by Gasteiger charge is 2.39. The molecule has 2 heterocycles. The van der Waals surface area contributed by atoms with E-state index in [1.807, 2.05) is 60.7 Å². The summed E-state index contributed by atoms with van der Waals surface area (Å²) in [6, 6.07) is 46.0. The first-order valence-corrected chi connectivity index (χ1v) is 14.6. The predicted molar refractivity (Wildman–Crippen MR) is 174 cm³/mol. The smallest absolute Gasteiger partial charge is 0.164 e. The Labute approximate surface area is 250 Å². The predicted octanol–water partition coefficient (Wildman–Crippen LogP) is 9.39. The molecule has 0 aliphatic heterocycles. The van der Waals surface area contributed by atoms with Gasteiger partial charge in [-0.3, -0.25) is 0 Å². The van der Waals surface area contributed by atoms with Crippen molar-refractivity contribution in [1.29, 1.82) is 0 Å². The number of hydrogen-bond donors (Lipinski definition) is 0. The normalized spacial score (nSPS) is 13.1. The summed E-state index contributed by atoms with van der Waals surface area (Å²) in [5.41, 5.74) is 10.8. The number of benzene rings is 5. The van der Waals surface area contributed by atoms with Gasteiger partial charge in [0.25, 0.3) is 0 Å². The fraction of sp³-hybridized carbons (Fsp3) is 0.0769. The molecule has 0 fully saturated rings. The maximum absolute atomic E-state index is 5.22. The van der Waals surface area contributed by atoms with Gasteiger partial charge in [-0.15, -0.1) is 0 Å². The lowest BCUT2D eigenvalue weighted by atomic mass is 9.78. The Balaban J connectivity index is 1.36. The fourth-order valence-corrected chi connectivity index (χ4v) is 6.44. The quantitative estimate of drug-likeness (QED) is 0.218. The highest BCUT2D eigenvalue weighted by molar-refractivity contribution is 6.02. The van der Waals surface area contributed by atoms with Gasteiger partial charge in [-0.1, -0.05) is 135 Å². The Morgan fingerprint density at radius 2 is 1.00 bits per heavy atom. The van der Waals surface area contributed by atoms with E-state index in [2.05, 4.69) is 86.6 Å². The third kappa shape index (κ3) is 4.14. The first kappa shape index (κ1) is 25.2. The molecule has 43 heavy (non-hydrogen) atoms. The van der Waals surface area contributed by atoms with Crippen LogP contribution in [0.3, 0.4) is 0 Å². The van der Waals surface area contributed by atoms with E-state index in [0.29, 0.717) is 17.5 Å². The highest BCUT2D eigenvalue weighted by atomic mass is 15.0. The molecule has 0 spiro atoms. The van der Waals surface area contributed by atoms with Crippen molar-refractivity contribution in [2.24, 2.45) is 0 Å². The molecule has 0 saturated carbocycles. The van der Waals surface area contributed by atoms with Crippen LogP contribution in [0.1, 0.15) is 25.0 Å². The van der Waals surface area contributed by atoms with Crippen molar-refractivity contribution in [3.8, 4) is 56.5 Å². The Bertz CT molecular complexity index is 2090. The van der Waals surface area contributed by atoms with E-state index in [9.17, 15) is 0 Å². The highest BCUT2D eigenvalue weighted by Crippen LogP contribution is 2.53. The van der Waals surface area contributed by atoms with Gasteiger partial charge in [0.15, 0.2) is 17.5 Å². The molecule has 5 aromatic carbocycles. The van der Waals surface area contributed by atoms with Crippen LogP contribution in [0.2, 0.25) is 0 Å². The molecule has 2 aromatic heterocycles. The van der Waals surface area contributed by atoms with Crippen LogP contribution in [0.15, 0.2) is 133 Å². The van der Waals surface area contributed by atoms with Crippen molar-refractivity contribution < 1.29 is 0 Å². The first-order chi connectivity index (χ1) is 21.1. The van der Waals surface area contributed by atoms with Gasteiger partial charge in [0.05, 0.1) is 11.2 Å². The molecule has 0 radical (unpaired) electrons. The summed E-state index contributed by atoms with van der Waals surface area (Å²) in [5, 5.41) is 1.14.